The number of carbonyl (C=O) groups excluding carboxylic acids is 1. The van der Waals surface area contributed by atoms with Crippen molar-refractivity contribution in [1.29, 1.82) is 0 Å². The molecule has 0 aliphatic carbocycles. The minimum absolute atomic E-state index is 0.280. The Bertz CT molecular complexity index is 411. The Morgan fingerprint density at radius 1 is 1.59 bits per heavy atom. The molecule has 1 atom stereocenters. The summed E-state index contributed by atoms with van der Waals surface area (Å²) in [6.45, 7) is 2.22. The summed E-state index contributed by atoms with van der Waals surface area (Å²) in [6, 6.07) is 3.20. The predicted molar refractivity (Wildman–Crippen MR) is 67.9 cm³/mol. The molecule has 1 aromatic rings. The molecular weight excluding hydrogens is 240 g/mol. The molecular formula is C10H16N4O2S. The summed E-state index contributed by atoms with van der Waals surface area (Å²) in [6.07, 6.45) is 1.49. The van der Waals surface area contributed by atoms with Gasteiger partial charge in [-0.25, -0.2) is 0 Å². The molecule has 0 spiro atoms. The number of nitrogens with two attached hydrogens (primary N) is 1. The Kier molecular flexibility index (Phi) is 5.58. The monoisotopic (exact) mass is 256 g/mol. The number of amides is 1. The first-order valence-electron chi connectivity index (χ1n) is 5.23. The van der Waals surface area contributed by atoms with E-state index in [4.69, 9.17) is 5.84 Å². The zero-order chi connectivity index (χ0) is 12.7. The highest BCUT2D eigenvalue weighted by Gasteiger charge is 2.07. The van der Waals surface area contributed by atoms with Crippen molar-refractivity contribution in [2.75, 3.05) is 23.5 Å². The highest BCUT2D eigenvalue weighted by atomic mass is 32.2. The van der Waals surface area contributed by atoms with Gasteiger partial charge in [0.15, 0.2) is 0 Å². The molecule has 94 valence electrons. The van der Waals surface area contributed by atoms with Crippen LogP contribution in [0.4, 0.5) is 5.69 Å². The van der Waals surface area contributed by atoms with Gasteiger partial charge in [0.1, 0.15) is 5.69 Å². The van der Waals surface area contributed by atoms with Crippen molar-refractivity contribution in [2.24, 2.45) is 5.84 Å². The van der Waals surface area contributed by atoms with Crippen LogP contribution in [0.15, 0.2) is 18.3 Å². The van der Waals surface area contributed by atoms with E-state index in [0.717, 1.165) is 0 Å². The zero-order valence-electron chi connectivity index (χ0n) is 9.60. The van der Waals surface area contributed by atoms with E-state index in [-0.39, 0.29) is 11.6 Å². The Morgan fingerprint density at radius 3 is 3.00 bits per heavy atom. The second-order valence-electron chi connectivity index (χ2n) is 3.26. The van der Waals surface area contributed by atoms with Crippen LogP contribution < -0.4 is 16.6 Å². The normalized spacial score (nSPS) is 11.9. The summed E-state index contributed by atoms with van der Waals surface area (Å²) >= 11 is 0. The van der Waals surface area contributed by atoms with Crippen molar-refractivity contribution in [3.63, 3.8) is 0 Å². The van der Waals surface area contributed by atoms with Gasteiger partial charge < -0.3 is 10.7 Å². The van der Waals surface area contributed by atoms with Crippen LogP contribution in [0, 0.1) is 0 Å². The van der Waals surface area contributed by atoms with E-state index in [2.05, 4.69) is 15.7 Å². The number of hydrogen-bond donors (Lipinski definition) is 3. The molecule has 6 nitrogen and oxygen atoms in total. The number of hydrogen-bond acceptors (Lipinski definition) is 5. The Hall–Kier alpha value is -1.47. The van der Waals surface area contributed by atoms with E-state index in [9.17, 15) is 9.00 Å². The number of carbonyl (C=O) groups is 1. The first-order valence-corrected chi connectivity index (χ1v) is 6.72. The number of nitrogens with one attached hydrogen (secondary N) is 2. The number of pyridine rings is 1. The lowest BCUT2D eigenvalue weighted by molar-refractivity contribution is 0.0951. The van der Waals surface area contributed by atoms with Crippen molar-refractivity contribution in [3.8, 4) is 0 Å². The molecule has 0 fully saturated rings. The minimum Gasteiger partial charge on any atom is -0.350 e. The summed E-state index contributed by atoms with van der Waals surface area (Å²) in [5.41, 5.74) is 3.33. The lowest BCUT2D eigenvalue weighted by atomic mass is 10.3. The predicted octanol–water partition coefficient (Wildman–Crippen LogP) is -0.134. The molecule has 0 aromatic carbocycles. The van der Waals surface area contributed by atoms with Gasteiger partial charge in [-0.2, -0.15) is 0 Å². The Morgan fingerprint density at radius 2 is 2.35 bits per heavy atom. The summed E-state index contributed by atoms with van der Waals surface area (Å²) in [5.74, 6) is 5.98. The van der Waals surface area contributed by atoms with Crippen LogP contribution in [0.25, 0.3) is 0 Å². The topological polar surface area (TPSA) is 97.1 Å². The third-order valence-corrected chi connectivity index (χ3v) is 3.40. The van der Waals surface area contributed by atoms with Gasteiger partial charge in [0.05, 0.1) is 5.69 Å². The van der Waals surface area contributed by atoms with Crippen LogP contribution >= 0.6 is 0 Å². The smallest absolute Gasteiger partial charge is 0.269 e. The van der Waals surface area contributed by atoms with Gasteiger partial charge in [-0.1, -0.05) is 6.92 Å². The molecule has 1 amide bonds. The van der Waals surface area contributed by atoms with Gasteiger partial charge in [0.25, 0.3) is 5.91 Å². The van der Waals surface area contributed by atoms with Crippen LogP contribution in [0.1, 0.15) is 17.4 Å². The number of hydrazine groups is 1. The van der Waals surface area contributed by atoms with Crippen LogP contribution in [-0.2, 0) is 10.8 Å². The van der Waals surface area contributed by atoms with E-state index >= 15 is 0 Å². The molecule has 0 saturated heterocycles. The van der Waals surface area contributed by atoms with Gasteiger partial charge >= 0.3 is 0 Å². The van der Waals surface area contributed by atoms with Crippen LogP contribution in [-0.4, -0.2) is 33.2 Å². The van der Waals surface area contributed by atoms with Gasteiger partial charge in [0.2, 0.25) is 0 Å². The Balaban J connectivity index is 2.49. The van der Waals surface area contributed by atoms with Crippen LogP contribution in [0.2, 0.25) is 0 Å². The van der Waals surface area contributed by atoms with Crippen molar-refractivity contribution >= 4 is 22.4 Å². The molecule has 0 radical (unpaired) electrons. The third kappa shape index (κ3) is 4.49. The number of rotatable bonds is 6. The molecule has 0 bridgehead atoms. The second-order valence-corrected chi connectivity index (χ2v) is 5.13. The first kappa shape index (κ1) is 13.6. The Labute approximate surface area is 102 Å². The quantitative estimate of drug-likeness (QED) is 0.486. The summed E-state index contributed by atoms with van der Waals surface area (Å²) in [7, 11) is -0.873. The molecule has 0 saturated carbocycles. The standard InChI is InChI=1S/C10H16N4O2S/c1-2-17(16)6-5-13-10(15)9-7-8(14-11)3-4-12-9/h3-4,7H,2,5-6,11H2,1H3,(H,12,14)(H,13,15). The number of aromatic nitrogens is 1. The number of nitrogens with zero attached hydrogens (tertiary/aromatic N) is 1. The van der Waals surface area contributed by atoms with Gasteiger partial charge in [-0.05, 0) is 12.1 Å². The fourth-order valence-electron chi connectivity index (χ4n) is 1.16. The largest absolute Gasteiger partial charge is 0.350 e. The molecule has 7 heteroatoms. The molecule has 1 heterocycles. The first-order chi connectivity index (χ1) is 8.17. The highest BCUT2D eigenvalue weighted by Crippen LogP contribution is 2.05. The molecule has 17 heavy (non-hydrogen) atoms. The average Bonchev–Trinajstić information content (AvgIpc) is 2.38. The zero-order valence-corrected chi connectivity index (χ0v) is 10.4. The minimum atomic E-state index is -0.873. The van der Waals surface area contributed by atoms with E-state index in [1.807, 2.05) is 6.92 Å². The van der Waals surface area contributed by atoms with E-state index < -0.39 is 10.8 Å². The van der Waals surface area contributed by atoms with Gasteiger partial charge in [-0.3, -0.25) is 19.8 Å². The van der Waals surface area contributed by atoms with Crippen molar-refractivity contribution < 1.29 is 9.00 Å². The van der Waals surface area contributed by atoms with E-state index in [1.165, 1.54) is 6.20 Å². The molecule has 1 aromatic heterocycles. The highest BCUT2D eigenvalue weighted by molar-refractivity contribution is 7.84. The summed E-state index contributed by atoms with van der Waals surface area (Å²) in [4.78, 5) is 15.6. The molecule has 1 unspecified atom stereocenters. The van der Waals surface area contributed by atoms with Crippen molar-refractivity contribution in [3.05, 3.63) is 24.0 Å². The van der Waals surface area contributed by atoms with Gasteiger partial charge in [0, 0.05) is 35.0 Å². The molecule has 1 rings (SSSR count). The lowest BCUT2D eigenvalue weighted by Gasteiger charge is -2.05. The SMILES string of the molecule is CCS(=O)CCNC(=O)c1cc(NN)ccn1. The average molecular weight is 256 g/mol. The van der Waals surface area contributed by atoms with Crippen LogP contribution in [0.3, 0.4) is 0 Å². The maximum atomic E-state index is 11.6. The van der Waals surface area contributed by atoms with Gasteiger partial charge in [-0.15, -0.1) is 0 Å². The van der Waals surface area contributed by atoms with E-state index in [0.29, 0.717) is 23.7 Å². The van der Waals surface area contributed by atoms with Crippen molar-refractivity contribution in [2.45, 2.75) is 6.92 Å². The third-order valence-electron chi connectivity index (χ3n) is 2.10. The van der Waals surface area contributed by atoms with Crippen molar-refractivity contribution in [1.82, 2.24) is 10.3 Å². The maximum Gasteiger partial charge on any atom is 0.269 e. The summed E-state index contributed by atoms with van der Waals surface area (Å²) in [5, 5.41) is 2.65. The molecule has 0 aliphatic heterocycles. The number of anilines is 1. The molecule has 0 aliphatic rings. The lowest BCUT2D eigenvalue weighted by Crippen LogP contribution is -2.28. The van der Waals surface area contributed by atoms with Crippen LogP contribution in [0.5, 0.6) is 0 Å². The molecule has 4 N–H and O–H groups in total. The fraction of sp³-hybridized carbons (Fsp3) is 0.400. The number of nitrogen functional groups attached to an aromatic ring is 1. The second kappa shape index (κ2) is 6.97. The maximum absolute atomic E-state index is 11.6. The fourth-order valence-corrected chi connectivity index (χ4v) is 1.78. The van der Waals surface area contributed by atoms with E-state index in [1.54, 1.807) is 12.1 Å². The summed E-state index contributed by atoms with van der Waals surface area (Å²) < 4.78 is 11.1.